The summed E-state index contributed by atoms with van der Waals surface area (Å²) in [6, 6.07) is 17.1. The normalized spacial score (nSPS) is 24.6. The molecule has 2 fully saturated rings. The summed E-state index contributed by atoms with van der Waals surface area (Å²) in [6.07, 6.45) is 2.07. The zero-order chi connectivity index (χ0) is 19.0. The maximum absolute atomic E-state index is 13.3. The van der Waals surface area contributed by atoms with E-state index < -0.39 is 12.0 Å². The lowest BCUT2D eigenvalue weighted by Crippen LogP contribution is -2.40. The second kappa shape index (κ2) is 7.16. The molecule has 0 unspecified atom stereocenters. The van der Waals surface area contributed by atoms with Crippen LogP contribution in [0.3, 0.4) is 0 Å². The zero-order valence-corrected chi connectivity index (χ0v) is 15.7. The number of unbranched alkanes of at least 4 members (excludes halogenated alkanes) is 1. The van der Waals surface area contributed by atoms with Gasteiger partial charge in [0.25, 0.3) is 5.91 Å². The van der Waals surface area contributed by atoms with Gasteiger partial charge in [-0.3, -0.25) is 14.4 Å². The number of aryl methyl sites for hydroxylation is 1. The molecule has 3 atom stereocenters. The molecule has 0 saturated carbocycles. The minimum absolute atomic E-state index is 0.136. The smallest absolute Gasteiger partial charge is 0.266 e. The SMILES string of the molecule is CCCC[C@@H]1[C@H]2C(=O)N(c3ccccc3C)C(=O)[C@@H]2ON1c1ccccc1. The van der Waals surface area contributed by atoms with E-state index in [-0.39, 0.29) is 17.9 Å². The van der Waals surface area contributed by atoms with Crippen LogP contribution in [-0.4, -0.2) is 24.0 Å². The number of amides is 2. The van der Waals surface area contributed by atoms with E-state index in [1.807, 2.05) is 61.5 Å². The highest BCUT2D eigenvalue weighted by atomic mass is 16.7. The summed E-state index contributed by atoms with van der Waals surface area (Å²) in [5, 5.41) is 1.79. The van der Waals surface area contributed by atoms with E-state index in [4.69, 9.17) is 4.84 Å². The van der Waals surface area contributed by atoms with Gasteiger partial charge in [0.05, 0.1) is 23.3 Å². The molecule has 0 bridgehead atoms. The Hall–Kier alpha value is -2.66. The standard InChI is InChI=1S/C22H24N2O3/c1-3-4-13-18-19-20(27-24(18)16-11-6-5-7-12-16)22(26)23(21(19)25)17-14-9-8-10-15(17)2/h5-12,14,18-20H,3-4,13H2,1-2H3/t18-,19-,20-/m1/s1. The monoisotopic (exact) mass is 364 g/mol. The Morgan fingerprint density at radius 3 is 2.37 bits per heavy atom. The third kappa shape index (κ3) is 2.92. The third-order valence-corrected chi connectivity index (χ3v) is 5.46. The van der Waals surface area contributed by atoms with Gasteiger partial charge in [-0.25, -0.2) is 9.96 Å². The first-order chi connectivity index (χ1) is 13.1. The van der Waals surface area contributed by atoms with E-state index in [0.717, 1.165) is 30.5 Å². The molecule has 0 radical (unpaired) electrons. The van der Waals surface area contributed by atoms with Crippen molar-refractivity contribution in [3.63, 3.8) is 0 Å². The van der Waals surface area contributed by atoms with E-state index in [1.54, 1.807) is 5.06 Å². The number of para-hydroxylation sites is 2. The Morgan fingerprint density at radius 1 is 0.963 bits per heavy atom. The van der Waals surface area contributed by atoms with Crippen molar-refractivity contribution in [2.45, 2.75) is 45.3 Å². The molecule has 5 heteroatoms. The second-order valence-corrected chi connectivity index (χ2v) is 7.22. The highest BCUT2D eigenvalue weighted by molar-refractivity contribution is 6.24. The number of carbonyl (C=O) groups excluding carboxylic acids is 2. The van der Waals surface area contributed by atoms with Crippen LogP contribution in [0.2, 0.25) is 0 Å². The molecule has 0 aromatic heterocycles. The molecular formula is C22H24N2O3. The van der Waals surface area contributed by atoms with E-state index in [2.05, 4.69) is 6.92 Å². The van der Waals surface area contributed by atoms with Crippen LogP contribution >= 0.6 is 0 Å². The predicted molar refractivity (Wildman–Crippen MR) is 104 cm³/mol. The number of fused-ring (bicyclic) bond motifs is 1. The predicted octanol–water partition coefficient (Wildman–Crippen LogP) is 3.86. The molecule has 2 aromatic carbocycles. The highest BCUT2D eigenvalue weighted by Gasteiger charge is 2.59. The van der Waals surface area contributed by atoms with Crippen molar-refractivity contribution in [3.05, 3.63) is 60.2 Å². The largest absolute Gasteiger partial charge is 0.273 e. The Balaban J connectivity index is 1.69. The van der Waals surface area contributed by atoms with Crippen LogP contribution in [0.5, 0.6) is 0 Å². The minimum Gasteiger partial charge on any atom is -0.273 e. The first-order valence-corrected chi connectivity index (χ1v) is 9.58. The fraction of sp³-hybridized carbons (Fsp3) is 0.364. The molecule has 2 aromatic rings. The molecule has 2 aliphatic rings. The van der Waals surface area contributed by atoms with E-state index >= 15 is 0 Å². The molecule has 2 heterocycles. The first kappa shape index (κ1) is 17.7. The quantitative estimate of drug-likeness (QED) is 0.756. The van der Waals surface area contributed by atoms with Crippen LogP contribution in [0, 0.1) is 12.8 Å². The van der Waals surface area contributed by atoms with E-state index in [9.17, 15) is 9.59 Å². The fourth-order valence-electron chi connectivity index (χ4n) is 4.08. The fourth-order valence-corrected chi connectivity index (χ4v) is 4.08. The Labute approximate surface area is 159 Å². The van der Waals surface area contributed by atoms with Crippen LogP contribution in [0.25, 0.3) is 0 Å². The average molecular weight is 364 g/mol. The van der Waals surface area contributed by atoms with Crippen molar-refractivity contribution >= 4 is 23.2 Å². The summed E-state index contributed by atoms with van der Waals surface area (Å²) in [5.41, 5.74) is 2.45. The summed E-state index contributed by atoms with van der Waals surface area (Å²) in [4.78, 5) is 33.8. The number of carbonyl (C=O) groups is 2. The number of nitrogens with zero attached hydrogens (tertiary/aromatic N) is 2. The van der Waals surface area contributed by atoms with Gasteiger partial charge in [0.2, 0.25) is 5.91 Å². The topological polar surface area (TPSA) is 49.9 Å². The van der Waals surface area contributed by atoms with Crippen LogP contribution in [0.15, 0.2) is 54.6 Å². The Bertz CT molecular complexity index is 852. The van der Waals surface area contributed by atoms with Crippen LogP contribution in [0.4, 0.5) is 11.4 Å². The van der Waals surface area contributed by atoms with Crippen molar-refractivity contribution in [1.82, 2.24) is 0 Å². The van der Waals surface area contributed by atoms with E-state index in [1.165, 1.54) is 4.90 Å². The molecule has 0 N–H and O–H groups in total. The molecular weight excluding hydrogens is 340 g/mol. The molecule has 0 spiro atoms. The van der Waals surface area contributed by atoms with Gasteiger partial charge in [0.15, 0.2) is 6.10 Å². The van der Waals surface area contributed by atoms with Gasteiger partial charge in [-0.2, -0.15) is 0 Å². The van der Waals surface area contributed by atoms with Crippen LogP contribution < -0.4 is 9.96 Å². The second-order valence-electron chi connectivity index (χ2n) is 7.22. The summed E-state index contributed by atoms with van der Waals surface area (Å²) in [6.45, 7) is 4.04. The van der Waals surface area contributed by atoms with Crippen molar-refractivity contribution in [3.8, 4) is 0 Å². The number of anilines is 2. The molecule has 0 aliphatic carbocycles. The number of benzene rings is 2. The molecule has 140 valence electrons. The van der Waals surface area contributed by atoms with Gasteiger partial charge in [-0.15, -0.1) is 0 Å². The third-order valence-electron chi connectivity index (χ3n) is 5.46. The van der Waals surface area contributed by atoms with Crippen LogP contribution in [-0.2, 0) is 14.4 Å². The number of imide groups is 1. The molecule has 2 saturated heterocycles. The van der Waals surface area contributed by atoms with Gasteiger partial charge in [0, 0.05) is 0 Å². The van der Waals surface area contributed by atoms with Crippen molar-refractivity contribution < 1.29 is 14.4 Å². The van der Waals surface area contributed by atoms with E-state index in [0.29, 0.717) is 5.69 Å². The molecule has 5 nitrogen and oxygen atoms in total. The molecule has 4 rings (SSSR count). The molecule has 2 aliphatic heterocycles. The molecule has 27 heavy (non-hydrogen) atoms. The first-order valence-electron chi connectivity index (χ1n) is 9.58. The van der Waals surface area contributed by atoms with Crippen LogP contribution in [0.1, 0.15) is 31.7 Å². The van der Waals surface area contributed by atoms with Gasteiger partial charge in [-0.05, 0) is 37.1 Å². The lowest BCUT2D eigenvalue weighted by molar-refractivity contribution is -0.126. The number of hydroxylamine groups is 1. The highest BCUT2D eigenvalue weighted by Crippen LogP contribution is 2.42. The Kier molecular flexibility index (Phi) is 4.70. The van der Waals surface area contributed by atoms with Gasteiger partial charge >= 0.3 is 0 Å². The van der Waals surface area contributed by atoms with Gasteiger partial charge in [0.1, 0.15) is 0 Å². The number of hydrogen-bond acceptors (Lipinski definition) is 4. The van der Waals surface area contributed by atoms with Gasteiger partial charge < -0.3 is 0 Å². The van der Waals surface area contributed by atoms with Gasteiger partial charge in [-0.1, -0.05) is 56.2 Å². The number of hydrogen-bond donors (Lipinski definition) is 0. The van der Waals surface area contributed by atoms with Crippen molar-refractivity contribution in [2.75, 3.05) is 9.96 Å². The summed E-state index contributed by atoms with van der Waals surface area (Å²) < 4.78 is 0. The number of rotatable bonds is 5. The summed E-state index contributed by atoms with van der Waals surface area (Å²) in [5.74, 6) is -0.887. The maximum Gasteiger partial charge on any atom is 0.266 e. The Morgan fingerprint density at radius 2 is 1.67 bits per heavy atom. The summed E-state index contributed by atoms with van der Waals surface area (Å²) in [7, 11) is 0. The lowest BCUT2D eigenvalue weighted by Gasteiger charge is -2.28. The summed E-state index contributed by atoms with van der Waals surface area (Å²) >= 11 is 0. The lowest BCUT2D eigenvalue weighted by atomic mass is 9.92. The minimum atomic E-state index is -0.751. The average Bonchev–Trinajstić information content (AvgIpc) is 3.18. The molecule has 2 amide bonds. The maximum atomic E-state index is 13.3. The zero-order valence-electron chi connectivity index (χ0n) is 15.7. The van der Waals surface area contributed by atoms with Crippen molar-refractivity contribution in [1.29, 1.82) is 0 Å². The van der Waals surface area contributed by atoms with Crippen molar-refractivity contribution in [2.24, 2.45) is 5.92 Å².